The zero-order valence-electron chi connectivity index (χ0n) is 12.1. The molecule has 0 aromatic carbocycles. The molecule has 4 heteroatoms. The molecule has 1 aromatic heterocycles. The molecule has 1 rings (SSSR count). The van der Waals surface area contributed by atoms with Crippen LogP contribution in [0.15, 0.2) is 21.2 Å². The van der Waals surface area contributed by atoms with Crippen LogP contribution in [0.1, 0.15) is 52.1 Å². The van der Waals surface area contributed by atoms with Gasteiger partial charge in [-0.1, -0.05) is 40.0 Å². The van der Waals surface area contributed by atoms with E-state index in [2.05, 4.69) is 62.9 Å². The summed E-state index contributed by atoms with van der Waals surface area (Å²) in [5.74, 6) is 0. The van der Waals surface area contributed by atoms with Gasteiger partial charge in [0.25, 0.3) is 0 Å². The van der Waals surface area contributed by atoms with Crippen molar-refractivity contribution in [3.05, 3.63) is 26.9 Å². The molecule has 2 nitrogen and oxygen atoms in total. The van der Waals surface area contributed by atoms with Crippen LogP contribution in [0.4, 0.5) is 0 Å². The van der Waals surface area contributed by atoms with Crippen molar-refractivity contribution < 1.29 is 0 Å². The van der Waals surface area contributed by atoms with Crippen molar-refractivity contribution in [3.63, 3.8) is 0 Å². The van der Waals surface area contributed by atoms with Crippen LogP contribution in [-0.2, 0) is 6.54 Å². The second kappa shape index (κ2) is 8.38. The number of hydrogen-bond acceptors (Lipinski definition) is 2. The van der Waals surface area contributed by atoms with Gasteiger partial charge in [0.15, 0.2) is 0 Å². The average molecular weight is 392 g/mol. The minimum Gasteiger partial charge on any atom is -0.311 e. The summed E-state index contributed by atoms with van der Waals surface area (Å²) in [6.07, 6.45) is 7.07. The zero-order chi connectivity index (χ0) is 14.3. The highest BCUT2D eigenvalue weighted by molar-refractivity contribution is 9.11. The fourth-order valence-electron chi connectivity index (χ4n) is 2.03. The maximum Gasteiger partial charge on any atom is 0.0684 e. The molecular formula is C15H24Br2N2. The molecule has 19 heavy (non-hydrogen) atoms. The third-order valence-electron chi connectivity index (χ3n) is 3.24. The predicted octanol–water partition coefficient (Wildman–Crippen LogP) is 5.30. The van der Waals surface area contributed by atoms with E-state index >= 15 is 0 Å². The van der Waals surface area contributed by atoms with Gasteiger partial charge in [-0.25, -0.2) is 0 Å². The third-order valence-corrected chi connectivity index (χ3v) is 4.36. The first-order chi connectivity index (χ1) is 8.94. The Balaban J connectivity index is 2.36. The molecule has 0 radical (unpaired) electrons. The van der Waals surface area contributed by atoms with Crippen LogP contribution >= 0.6 is 31.9 Å². The molecule has 0 fully saturated rings. The van der Waals surface area contributed by atoms with Crippen LogP contribution in [0.2, 0.25) is 0 Å². The van der Waals surface area contributed by atoms with Crippen molar-refractivity contribution in [2.45, 2.75) is 53.0 Å². The lowest BCUT2D eigenvalue weighted by Crippen LogP contribution is -2.29. The second-order valence-electron chi connectivity index (χ2n) is 5.81. The third kappa shape index (κ3) is 6.87. The number of aromatic nitrogens is 1. The van der Waals surface area contributed by atoms with Crippen molar-refractivity contribution >= 4 is 31.9 Å². The number of unbranched alkanes of at least 4 members (excludes halogenated alkanes) is 2. The SMILES string of the molecule is CCCCCC(C)(C)CNCc1ncc(Br)cc1Br. The maximum atomic E-state index is 4.42. The summed E-state index contributed by atoms with van der Waals surface area (Å²) in [7, 11) is 0. The average Bonchev–Trinajstić information content (AvgIpc) is 2.32. The monoisotopic (exact) mass is 390 g/mol. The fraction of sp³-hybridized carbons (Fsp3) is 0.667. The first kappa shape index (κ1) is 17.1. The van der Waals surface area contributed by atoms with E-state index in [1.165, 1.54) is 25.7 Å². The van der Waals surface area contributed by atoms with Gasteiger partial charge in [-0.3, -0.25) is 4.98 Å². The second-order valence-corrected chi connectivity index (χ2v) is 7.58. The largest absolute Gasteiger partial charge is 0.311 e. The number of halogens is 2. The quantitative estimate of drug-likeness (QED) is 0.608. The van der Waals surface area contributed by atoms with Gasteiger partial charge < -0.3 is 5.32 Å². The van der Waals surface area contributed by atoms with Gasteiger partial charge >= 0.3 is 0 Å². The van der Waals surface area contributed by atoms with Gasteiger partial charge in [0, 0.05) is 28.2 Å². The lowest BCUT2D eigenvalue weighted by Gasteiger charge is -2.25. The van der Waals surface area contributed by atoms with E-state index < -0.39 is 0 Å². The van der Waals surface area contributed by atoms with Crippen molar-refractivity contribution in [2.75, 3.05) is 6.54 Å². The smallest absolute Gasteiger partial charge is 0.0684 e. The van der Waals surface area contributed by atoms with Gasteiger partial charge in [0.2, 0.25) is 0 Å². The van der Waals surface area contributed by atoms with E-state index in [9.17, 15) is 0 Å². The van der Waals surface area contributed by atoms with Crippen molar-refractivity contribution in [3.8, 4) is 0 Å². The van der Waals surface area contributed by atoms with Crippen LogP contribution in [0, 0.1) is 5.41 Å². The molecule has 1 N–H and O–H groups in total. The van der Waals surface area contributed by atoms with E-state index in [0.717, 1.165) is 27.7 Å². The summed E-state index contributed by atoms with van der Waals surface area (Å²) in [5.41, 5.74) is 1.42. The number of nitrogens with zero attached hydrogens (tertiary/aromatic N) is 1. The summed E-state index contributed by atoms with van der Waals surface area (Å²) in [4.78, 5) is 4.42. The van der Waals surface area contributed by atoms with Crippen LogP contribution in [-0.4, -0.2) is 11.5 Å². The first-order valence-electron chi connectivity index (χ1n) is 6.95. The number of rotatable bonds is 8. The Bertz CT molecular complexity index is 392. The van der Waals surface area contributed by atoms with Gasteiger partial charge in [-0.2, -0.15) is 0 Å². The molecule has 0 aliphatic heterocycles. The van der Waals surface area contributed by atoms with E-state index in [1.54, 1.807) is 0 Å². The molecule has 0 atom stereocenters. The Morgan fingerprint density at radius 2 is 2.00 bits per heavy atom. The number of hydrogen-bond donors (Lipinski definition) is 1. The minimum absolute atomic E-state index is 0.358. The van der Waals surface area contributed by atoms with E-state index in [-0.39, 0.29) is 0 Å². The zero-order valence-corrected chi connectivity index (χ0v) is 15.3. The predicted molar refractivity (Wildman–Crippen MR) is 89.3 cm³/mol. The molecule has 0 spiro atoms. The molecule has 0 aliphatic rings. The number of nitrogens with one attached hydrogen (secondary N) is 1. The van der Waals surface area contributed by atoms with Gasteiger partial charge in [-0.15, -0.1) is 0 Å². The molecule has 0 bridgehead atoms. The molecule has 1 heterocycles. The Labute approximate surface area is 134 Å². The summed E-state index contributed by atoms with van der Waals surface area (Å²) < 4.78 is 2.06. The van der Waals surface area contributed by atoms with Crippen LogP contribution in [0.3, 0.4) is 0 Å². The minimum atomic E-state index is 0.358. The van der Waals surface area contributed by atoms with Crippen LogP contribution < -0.4 is 5.32 Å². The lowest BCUT2D eigenvalue weighted by atomic mass is 9.87. The van der Waals surface area contributed by atoms with E-state index in [1.807, 2.05) is 12.3 Å². The number of pyridine rings is 1. The standard InChI is InChI=1S/C15H24Br2N2/c1-4-5-6-7-15(2,3)11-18-10-14-13(17)8-12(16)9-19-14/h8-9,18H,4-7,10-11H2,1-3H3. The molecule has 0 saturated heterocycles. The van der Waals surface area contributed by atoms with Crippen molar-refractivity contribution in [1.29, 1.82) is 0 Å². The molecule has 1 aromatic rings. The first-order valence-corrected chi connectivity index (χ1v) is 8.54. The fourth-order valence-corrected chi connectivity index (χ4v) is 3.16. The van der Waals surface area contributed by atoms with E-state index in [4.69, 9.17) is 0 Å². The Hall–Kier alpha value is 0.0700. The van der Waals surface area contributed by atoms with Gasteiger partial charge in [0.1, 0.15) is 0 Å². The Morgan fingerprint density at radius 1 is 1.26 bits per heavy atom. The van der Waals surface area contributed by atoms with Gasteiger partial charge in [0.05, 0.1) is 5.69 Å². The highest BCUT2D eigenvalue weighted by Crippen LogP contribution is 2.23. The maximum absolute atomic E-state index is 4.42. The molecule has 0 saturated carbocycles. The lowest BCUT2D eigenvalue weighted by molar-refractivity contribution is 0.301. The van der Waals surface area contributed by atoms with Crippen LogP contribution in [0.5, 0.6) is 0 Å². The summed E-state index contributed by atoms with van der Waals surface area (Å²) in [5, 5.41) is 3.52. The molecule has 0 aliphatic carbocycles. The molecule has 0 unspecified atom stereocenters. The highest BCUT2D eigenvalue weighted by Gasteiger charge is 2.16. The van der Waals surface area contributed by atoms with Crippen molar-refractivity contribution in [2.24, 2.45) is 5.41 Å². The summed E-state index contributed by atoms with van der Waals surface area (Å²) in [6.45, 7) is 8.76. The summed E-state index contributed by atoms with van der Waals surface area (Å²) >= 11 is 6.97. The molecular weight excluding hydrogens is 368 g/mol. The van der Waals surface area contributed by atoms with Crippen molar-refractivity contribution in [1.82, 2.24) is 10.3 Å². The molecule has 108 valence electrons. The Morgan fingerprint density at radius 3 is 2.63 bits per heavy atom. The normalized spacial score (nSPS) is 11.8. The Kier molecular flexibility index (Phi) is 7.55. The molecule has 0 amide bonds. The van der Waals surface area contributed by atoms with Gasteiger partial charge in [-0.05, 0) is 49.8 Å². The topological polar surface area (TPSA) is 24.9 Å². The van der Waals surface area contributed by atoms with Crippen LogP contribution in [0.25, 0.3) is 0 Å². The highest BCUT2D eigenvalue weighted by atomic mass is 79.9. The van der Waals surface area contributed by atoms with E-state index in [0.29, 0.717) is 5.41 Å². The summed E-state index contributed by atoms with van der Waals surface area (Å²) in [6, 6.07) is 2.04.